The highest BCUT2D eigenvalue weighted by Gasteiger charge is 2.36. The van der Waals surface area contributed by atoms with Crippen molar-refractivity contribution in [2.24, 2.45) is 5.73 Å². The molecule has 32 heavy (non-hydrogen) atoms. The number of hydrogen-bond donors (Lipinski definition) is 1. The Morgan fingerprint density at radius 2 is 1.94 bits per heavy atom. The fraction of sp³-hybridized carbons (Fsp3) is 0.458. The van der Waals surface area contributed by atoms with Crippen molar-refractivity contribution in [3.05, 3.63) is 56.9 Å². The quantitative estimate of drug-likeness (QED) is 0.558. The highest BCUT2D eigenvalue weighted by molar-refractivity contribution is 6.39. The molecule has 0 bridgehead atoms. The van der Waals surface area contributed by atoms with E-state index in [2.05, 4.69) is 11.6 Å². The molecule has 0 aliphatic carbocycles. The molecule has 0 unspecified atom stereocenters. The number of likely N-dealkylation sites (N-methyl/N-ethyl adjacent to an activating group) is 1. The molecule has 1 aliphatic heterocycles. The van der Waals surface area contributed by atoms with Crippen LogP contribution in [0, 0.1) is 6.92 Å². The Morgan fingerprint density at radius 3 is 2.41 bits per heavy atom. The SMILES string of the molecule is C=C(Cl)/C=C(Cl)\C(=C/C)c1c(CN)c(C)nc2c1C(=O)N(CC(=O)N(C)C(C)C)C2.CC. The van der Waals surface area contributed by atoms with Gasteiger partial charge in [-0.05, 0) is 44.9 Å². The number of nitrogens with two attached hydrogens (primary N) is 1. The molecule has 1 aliphatic rings. The number of aromatic nitrogens is 1. The van der Waals surface area contributed by atoms with Crippen molar-refractivity contribution in [3.63, 3.8) is 0 Å². The first-order valence-corrected chi connectivity index (χ1v) is 11.4. The number of nitrogens with zero attached hydrogens (tertiary/aromatic N) is 3. The van der Waals surface area contributed by atoms with Crippen LogP contribution in [0.3, 0.4) is 0 Å². The van der Waals surface area contributed by atoms with E-state index in [1.54, 1.807) is 18.0 Å². The first-order chi connectivity index (χ1) is 15.0. The summed E-state index contributed by atoms with van der Waals surface area (Å²) in [7, 11) is 1.72. The monoisotopic (exact) mass is 480 g/mol. The maximum Gasteiger partial charge on any atom is 0.257 e. The first-order valence-electron chi connectivity index (χ1n) is 10.7. The smallest absolute Gasteiger partial charge is 0.257 e. The van der Waals surface area contributed by atoms with Gasteiger partial charge in [0.25, 0.3) is 5.91 Å². The minimum atomic E-state index is -0.263. The number of rotatable bonds is 7. The lowest BCUT2D eigenvalue weighted by Crippen LogP contribution is -2.41. The van der Waals surface area contributed by atoms with Crippen molar-refractivity contribution in [3.8, 4) is 0 Å². The molecule has 2 heterocycles. The Morgan fingerprint density at radius 1 is 1.34 bits per heavy atom. The largest absolute Gasteiger partial charge is 0.342 e. The van der Waals surface area contributed by atoms with Crippen molar-refractivity contribution < 1.29 is 9.59 Å². The van der Waals surface area contributed by atoms with E-state index in [4.69, 9.17) is 28.9 Å². The van der Waals surface area contributed by atoms with E-state index >= 15 is 0 Å². The maximum atomic E-state index is 13.3. The van der Waals surface area contributed by atoms with Crippen LogP contribution in [-0.2, 0) is 17.9 Å². The summed E-state index contributed by atoms with van der Waals surface area (Å²) in [5, 5.41) is 0.619. The lowest BCUT2D eigenvalue weighted by Gasteiger charge is -2.24. The van der Waals surface area contributed by atoms with Crippen LogP contribution in [0.5, 0.6) is 0 Å². The molecule has 8 heteroatoms. The van der Waals surface area contributed by atoms with Crippen LogP contribution >= 0.6 is 23.2 Å². The van der Waals surface area contributed by atoms with Gasteiger partial charge in [0.2, 0.25) is 5.91 Å². The lowest BCUT2D eigenvalue weighted by molar-refractivity contribution is -0.132. The van der Waals surface area contributed by atoms with Gasteiger partial charge in [-0.1, -0.05) is 49.7 Å². The molecule has 2 rings (SSSR count). The predicted octanol–water partition coefficient (Wildman–Crippen LogP) is 4.98. The third kappa shape index (κ3) is 6.00. The Labute approximate surface area is 201 Å². The van der Waals surface area contributed by atoms with Crippen LogP contribution in [0.15, 0.2) is 28.8 Å². The summed E-state index contributed by atoms with van der Waals surface area (Å²) in [6.07, 6.45) is 3.33. The van der Waals surface area contributed by atoms with Crippen LogP contribution in [0.4, 0.5) is 0 Å². The summed E-state index contributed by atoms with van der Waals surface area (Å²) in [4.78, 5) is 33.6. The zero-order valence-corrected chi connectivity index (χ0v) is 21.6. The minimum absolute atomic E-state index is 0.0203. The van der Waals surface area contributed by atoms with Crippen molar-refractivity contribution in [1.82, 2.24) is 14.8 Å². The topological polar surface area (TPSA) is 79.5 Å². The summed E-state index contributed by atoms with van der Waals surface area (Å²) in [6, 6.07) is 0.0413. The zero-order valence-electron chi connectivity index (χ0n) is 20.1. The number of allylic oxidation sites excluding steroid dienone is 5. The Hall–Kier alpha value is -2.15. The van der Waals surface area contributed by atoms with E-state index in [0.29, 0.717) is 27.4 Å². The number of carbonyl (C=O) groups is 2. The van der Waals surface area contributed by atoms with Crippen LogP contribution in [0.25, 0.3) is 5.57 Å². The summed E-state index contributed by atoms with van der Waals surface area (Å²) in [5.41, 5.74) is 9.77. The molecule has 176 valence electrons. The molecule has 2 N–H and O–H groups in total. The van der Waals surface area contributed by atoms with E-state index in [1.165, 1.54) is 11.0 Å². The highest BCUT2D eigenvalue weighted by Crippen LogP contribution is 2.37. The number of aryl methyl sites for hydroxylation is 1. The van der Waals surface area contributed by atoms with Crippen LogP contribution in [0.2, 0.25) is 0 Å². The minimum Gasteiger partial charge on any atom is -0.342 e. The summed E-state index contributed by atoms with van der Waals surface area (Å²) in [6.45, 7) is 15.6. The van der Waals surface area contributed by atoms with Crippen molar-refractivity contribution >= 4 is 40.6 Å². The summed E-state index contributed by atoms with van der Waals surface area (Å²) in [5.74, 6) is -0.396. The molecular formula is C24H34Cl2N4O2. The molecule has 1 aromatic heterocycles. The molecule has 0 aromatic carbocycles. The first kappa shape index (κ1) is 27.9. The standard InChI is InChI=1S/C22H28Cl2N4O2.C2H6/c1-7-15(17(24)8-13(4)23)20-16(9-25)14(5)26-18-10-28(22(30)21(18)20)11-19(29)27(6)12(2)3;1-2/h7-8,12H,4,9-11,25H2,1-3,5-6H3;1-2H3/b15-7+,17-8+;. The average molecular weight is 481 g/mol. The molecule has 2 amide bonds. The van der Waals surface area contributed by atoms with Gasteiger partial charge in [-0.15, -0.1) is 0 Å². The zero-order chi connectivity index (χ0) is 24.7. The van der Waals surface area contributed by atoms with Crippen molar-refractivity contribution in [2.45, 2.75) is 60.7 Å². The van der Waals surface area contributed by atoms with Crippen molar-refractivity contribution in [1.29, 1.82) is 0 Å². The van der Waals surface area contributed by atoms with Gasteiger partial charge in [0.1, 0.15) is 6.54 Å². The van der Waals surface area contributed by atoms with Gasteiger partial charge in [-0.25, -0.2) is 0 Å². The van der Waals surface area contributed by atoms with Gasteiger partial charge in [0.05, 0.1) is 17.8 Å². The van der Waals surface area contributed by atoms with Gasteiger partial charge in [0.15, 0.2) is 0 Å². The molecule has 0 atom stereocenters. The fourth-order valence-corrected chi connectivity index (χ4v) is 3.91. The molecule has 0 saturated heterocycles. The normalized spacial score (nSPS) is 13.7. The maximum absolute atomic E-state index is 13.3. The molecule has 0 radical (unpaired) electrons. The van der Waals surface area contributed by atoms with Gasteiger partial charge in [-0.3, -0.25) is 14.6 Å². The van der Waals surface area contributed by atoms with E-state index < -0.39 is 0 Å². The van der Waals surface area contributed by atoms with Crippen LogP contribution < -0.4 is 5.73 Å². The summed E-state index contributed by atoms with van der Waals surface area (Å²) < 4.78 is 0. The number of pyridine rings is 1. The van der Waals surface area contributed by atoms with E-state index in [9.17, 15) is 9.59 Å². The van der Waals surface area contributed by atoms with Crippen LogP contribution in [0.1, 0.15) is 67.5 Å². The number of carbonyl (C=O) groups excluding carboxylic acids is 2. The molecule has 0 fully saturated rings. The average Bonchev–Trinajstić information content (AvgIpc) is 3.03. The summed E-state index contributed by atoms with van der Waals surface area (Å²) >= 11 is 12.4. The number of fused-ring (bicyclic) bond motifs is 1. The number of amides is 2. The number of halogens is 2. The third-order valence-corrected chi connectivity index (χ3v) is 5.64. The second-order valence-corrected chi connectivity index (χ2v) is 8.37. The Kier molecular flexibility index (Phi) is 10.6. The van der Waals surface area contributed by atoms with Gasteiger partial charge in [-0.2, -0.15) is 0 Å². The Bertz CT molecular complexity index is 952. The highest BCUT2D eigenvalue weighted by atomic mass is 35.5. The number of hydrogen-bond acceptors (Lipinski definition) is 4. The lowest BCUT2D eigenvalue weighted by atomic mass is 9.92. The van der Waals surface area contributed by atoms with Crippen LogP contribution in [-0.4, -0.2) is 46.2 Å². The van der Waals surface area contributed by atoms with Gasteiger partial charge < -0.3 is 15.5 Å². The Balaban J connectivity index is 0.00000249. The molecule has 0 saturated carbocycles. The van der Waals surface area contributed by atoms with Gasteiger partial charge >= 0.3 is 0 Å². The van der Waals surface area contributed by atoms with E-state index in [-0.39, 0.29) is 42.5 Å². The second kappa shape index (κ2) is 12.2. The third-order valence-electron chi connectivity index (χ3n) is 5.22. The molecule has 6 nitrogen and oxygen atoms in total. The van der Waals surface area contributed by atoms with Gasteiger partial charge in [0, 0.05) is 41.0 Å². The molecule has 1 aromatic rings. The van der Waals surface area contributed by atoms with Crippen molar-refractivity contribution in [2.75, 3.05) is 13.6 Å². The molecule has 0 spiro atoms. The van der Waals surface area contributed by atoms with E-state index in [0.717, 1.165) is 11.3 Å². The fourth-order valence-electron chi connectivity index (χ4n) is 3.41. The van der Waals surface area contributed by atoms with E-state index in [1.807, 2.05) is 41.5 Å². The second-order valence-electron chi connectivity index (χ2n) is 7.48. The predicted molar refractivity (Wildman–Crippen MR) is 133 cm³/mol. The molecular weight excluding hydrogens is 447 g/mol.